The summed E-state index contributed by atoms with van der Waals surface area (Å²) in [6.45, 7) is 6.22. The molecule has 2 aliphatic rings. The topological polar surface area (TPSA) is 87.0 Å². The Morgan fingerprint density at radius 1 is 1.11 bits per heavy atom. The van der Waals surface area contributed by atoms with Crippen LogP contribution in [0.4, 0.5) is 10.1 Å². The zero-order valence-electron chi connectivity index (χ0n) is 20.7. The van der Waals surface area contributed by atoms with Crippen LogP contribution < -0.4 is 4.90 Å². The monoisotopic (exact) mass is 516 g/mol. The molecule has 2 atom stereocenters. The van der Waals surface area contributed by atoms with Gasteiger partial charge in [-0.2, -0.15) is 4.31 Å². The smallest absolute Gasteiger partial charge is 0.253 e. The van der Waals surface area contributed by atoms with Crippen molar-refractivity contribution in [2.75, 3.05) is 31.1 Å². The number of allylic oxidation sites excluding steroid dienone is 1. The summed E-state index contributed by atoms with van der Waals surface area (Å²) in [5, 5.41) is 10.2. The van der Waals surface area contributed by atoms with E-state index in [-0.39, 0.29) is 12.6 Å². The second kappa shape index (κ2) is 11.0. The zero-order chi connectivity index (χ0) is 25.9. The van der Waals surface area contributed by atoms with Gasteiger partial charge >= 0.3 is 0 Å². The minimum Gasteiger partial charge on any atom is -0.368 e. The van der Waals surface area contributed by atoms with Crippen LogP contribution in [0.5, 0.6) is 0 Å². The molecule has 2 fully saturated rings. The van der Waals surface area contributed by atoms with Crippen LogP contribution in [-0.2, 0) is 16.6 Å². The summed E-state index contributed by atoms with van der Waals surface area (Å²) in [5.74, 6) is -0.429. The summed E-state index contributed by atoms with van der Waals surface area (Å²) >= 11 is 0. The molecule has 2 heterocycles. The van der Waals surface area contributed by atoms with Crippen LogP contribution in [0.2, 0.25) is 0 Å². The number of halogens is 1. The van der Waals surface area contributed by atoms with Crippen LogP contribution in [0.3, 0.4) is 0 Å². The van der Waals surface area contributed by atoms with Gasteiger partial charge in [-0.15, -0.1) is 0 Å². The van der Waals surface area contributed by atoms with Gasteiger partial charge < -0.3 is 9.80 Å². The zero-order valence-corrected chi connectivity index (χ0v) is 21.5. The SMILES string of the molecule is CC/C(=C\[N+](=O)[O-])N1CCN(c2ccc(CN3[C@@H](C)CCC(c4ccccc4)S3(=O)=O)c(F)c2)CC1. The molecule has 2 aromatic rings. The van der Waals surface area contributed by atoms with Crippen molar-refractivity contribution in [3.63, 3.8) is 0 Å². The van der Waals surface area contributed by atoms with E-state index in [0.29, 0.717) is 56.7 Å². The third-order valence-electron chi connectivity index (χ3n) is 7.23. The lowest BCUT2D eigenvalue weighted by Gasteiger charge is -2.38. The van der Waals surface area contributed by atoms with Crippen LogP contribution in [-0.4, -0.2) is 54.8 Å². The maximum atomic E-state index is 15.2. The molecular weight excluding hydrogens is 483 g/mol. The second-order valence-electron chi connectivity index (χ2n) is 9.43. The molecule has 1 unspecified atom stereocenters. The van der Waals surface area contributed by atoms with Gasteiger partial charge in [-0.05, 0) is 43.9 Å². The maximum Gasteiger partial charge on any atom is 0.253 e. The summed E-state index contributed by atoms with van der Waals surface area (Å²) < 4.78 is 43.6. The lowest BCUT2D eigenvalue weighted by molar-refractivity contribution is -0.404. The summed E-state index contributed by atoms with van der Waals surface area (Å²) in [4.78, 5) is 14.5. The molecule has 4 rings (SSSR count). The third kappa shape index (κ3) is 5.54. The summed E-state index contributed by atoms with van der Waals surface area (Å²) in [6, 6.07) is 14.0. The molecule has 0 aliphatic carbocycles. The van der Waals surface area contributed by atoms with E-state index in [1.165, 1.54) is 10.4 Å². The molecule has 0 saturated carbocycles. The van der Waals surface area contributed by atoms with Crippen molar-refractivity contribution < 1.29 is 17.7 Å². The molecule has 0 spiro atoms. The van der Waals surface area contributed by atoms with Gasteiger partial charge in [0.15, 0.2) is 0 Å². The van der Waals surface area contributed by atoms with Crippen molar-refractivity contribution in [3.8, 4) is 0 Å². The summed E-state index contributed by atoms with van der Waals surface area (Å²) in [6.07, 6.45) is 2.90. The lowest BCUT2D eigenvalue weighted by atomic mass is 10.0. The van der Waals surface area contributed by atoms with Gasteiger partial charge in [-0.25, -0.2) is 12.8 Å². The van der Waals surface area contributed by atoms with Gasteiger partial charge in [-0.1, -0.05) is 43.3 Å². The number of nitro groups is 1. The highest BCUT2D eigenvalue weighted by Gasteiger charge is 2.40. The van der Waals surface area contributed by atoms with E-state index in [1.807, 2.05) is 55.1 Å². The largest absolute Gasteiger partial charge is 0.368 e. The highest BCUT2D eigenvalue weighted by Crippen LogP contribution is 2.38. The average Bonchev–Trinajstić information content (AvgIpc) is 2.86. The minimum atomic E-state index is -3.64. The maximum absolute atomic E-state index is 15.2. The van der Waals surface area contributed by atoms with E-state index in [0.717, 1.165) is 17.5 Å². The molecule has 2 aliphatic heterocycles. The number of nitrogens with zero attached hydrogens (tertiary/aromatic N) is 4. The first-order valence-corrected chi connectivity index (χ1v) is 13.9. The van der Waals surface area contributed by atoms with Gasteiger partial charge in [0.1, 0.15) is 11.1 Å². The molecule has 8 nitrogen and oxygen atoms in total. The number of hydrogen-bond acceptors (Lipinski definition) is 6. The van der Waals surface area contributed by atoms with Gasteiger partial charge in [0.2, 0.25) is 10.0 Å². The predicted molar refractivity (Wildman–Crippen MR) is 138 cm³/mol. The number of piperazine rings is 1. The first kappa shape index (κ1) is 26.1. The fourth-order valence-electron chi connectivity index (χ4n) is 5.15. The third-order valence-corrected chi connectivity index (χ3v) is 9.60. The Labute approximate surface area is 212 Å². The van der Waals surface area contributed by atoms with Crippen molar-refractivity contribution in [1.82, 2.24) is 9.21 Å². The Balaban J connectivity index is 1.46. The van der Waals surface area contributed by atoms with Crippen LogP contribution >= 0.6 is 0 Å². The molecule has 36 heavy (non-hydrogen) atoms. The molecule has 0 amide bonds. The number of hydrogen-bond donors (Lipinski definition) is 0. The van der Waals surface area contributed by atoms with Crippen LogP contribution in [0.25, 0.3) is 0 Å². The Bertz CT molecular complexity index is 1210. The molecule has 0 N–H and O–H groups in total. The van der Waals surface area contributed by atoms with E-state index < -0.39 is 26.0 Å². The van der Waals surface area contributed by atoms with Crippen molar-refractivity contribution >= 4 is 15.7 Å². The Morgan fingerprint density at radius 3 is 2.42 bits per heavy atom. The number of benzene rings is 2. The van der Waals surface area contributed by atoms with E-state index in [4.69, 9.17) is 0 Å². The highest BCUT2D eigenvalue weighted by molar-refractivity contribution is 7.89. The van der Waals surface area contributed by atoms with E-state index in [1.54, 1.807) is 6.07 Å². The summed E-state index contributed by atoms with van der Waals surface area (Å²) in [7, 11) is -3.64. The molecule has 2 saturated heterocycles. The number of anilines is 1. The minimum absolute atomic E-state index is 0.00172. The summed E-state index contributed by atoms with van der Waals surface area (Å²) in [5.41, 5.74) is 2.53. The molecule has 0 radical (unpaired) electrons. The molecule has 2 aromatic carbocycles. The molecule has 194 valence electrons. The van der Waals surface area contributed by atoms with Crippen molar-refractivity contribution in [1.29, 1.82) is 0 Å². The van der Waals surface area contributed by atoms with Gasteiger partial charge in [0, 0.05) is 50.0 Å². The van der Waals surface area contributed by atoms with E-state index >= 15 is 4.39 Å². The fourth-order valence-corrected chi connectivity index (χ4v) is 7.34. The Morgan fingerprint density at radius 2 is 1.81 bits per heavy atom. The van der Waals surface area contributed by atoms with Crippen LogP contribution in [0.15, 0.2) is 60.4 Å². The fraction of sp³-hybridized carbons (Fsp3) is 0.462. The normalized spacial score (nSPS) is 23.0. The van der Waals surface area contributed by atoms with E-state index in [2.05, 4.69) is 4.90 Å². The van der Waals surface area contributed by atoms with Crippen molar-refractivity contribution in [2.24, 2.45) is 0 Å². The number of sulfonamides is 1. The first-order chi connectivity index (χ1) is 17.2. The predicted octanol–water partition coefficient (Wildman–Crippen LogP) is 4.53. The quantitative estimate of drug-likeness (QED) is 0.397. The standard InChI is InChI=1S/C26H33FN4O4S/c1-3-23(19-31(32)33)28-13-15-29(16-14-28)24-11-10-22(25(27)17-24)18-30-20(2)9-12-26(36(30,34)35)21-7-5-4-6-8-21/h4-8,10-11,17,19-20,26H,3,9,12-16,18H2,1-2H3/b23-19+/t20-,26?/m0/s1. The molecular formula is C26H33FN4O4S. The Hall–Kier alpha value is -2.98. The Kier molecular flexibility index (Phi) is 7.94. The molecule has 0 aromatic heterocycles. The molecule has 10 heteroatoms. The van der Waals surface area contributed by atoms with Gasteiger partial charge in [-0.3, -0.25) is 10.1 Å². The van der Waals surface area contributed by atoms with Gasteiger partial charge in [0.05, 0.1) is 10.6 Å². The second-order valence-corrected chi connectivity index (χ2v) is 11.5. The van der Waals surface area contributed by atoms with Crippen molar-refractivity contribution in [2.45, 2.75) is 50.9 Å². The van der Waals surface area contributed by atoms with Crippen LogP contribution in [0, 0.1) is 15.9 Å². The van der Waals surface area contributed by atoms with E-state index in [9.17, 15) is 18.5 Å². The molecule has 0 bridgehead atoms. The highest BCUT2D eigenvalue weighted by atomic mass is 32.2. The van der Waals surface area contributed by atoms with Gasteiger partial charge in [0.25, 0.3) is 6.20 Å². The van der Waals surface area contributed by atoms with Crippen molar-refractivity contribution in [3.05, 3.63) is 87.5 Å². The average molecular weight is 517 g/mol. The lowest BCUT2D eigenvalue weighted by Crippen LogP contribution is -2.46. The first-order valence-electron chi connectivity index (χ1n) is 12.4. The number of rotatable bonds is 7. The van der Waals surface area contributed by atoms with Crippen LogP contribution in [0.1, 0.15) is 49.5 Å².